The van der Waals surface area contributed by atoms with Crippen molar-refractivity contribution < 1.29 is 23.0 Å². The van der Waals surface area contributed by atoms with E-state index in [9.17, 15) is 13.6 Å². The van der Waals surface area contributed by atoms with E-state index in [1.54, 1.807) is 22.9 Å². The quantitative estimate of drug-likeness (QED) is 0.0736. The number of ether oxygens (including phenoxy) is 2. The van der Waals surface area contributed by atoms with Gasteiger partial charge in [-0.3, -0.25) is 9.67 Å². The van der Waals surface area contributed by atoms with Crippen LogP contribution in [0.15, 0.2) is 93.6 Å². The summed E-state index contributed by atoms with van der Waals surface area (Å²) in [4.78, 5) is 23.9. The first-order valence-corrected chi connectivity index (χ1v) is 16.0. The average Bonchev–Trinajstić information content (AvgIpc) is 3.53. The Morgan fingerprint density at radius 2 is 1.76 bits per heavy atom. The Morgan fingerprint density at radius 3 is 2.51 bits per heavy atom. The molecular formula is C35H35ClF2N8O3. The monoisotopic (exact) mass is 688 g/mol. The van der Waals surface area contributed by atoms with Gasteiger partial charge in [0.2, 0.25) is 0 Å². The van der Waals surface area contributed by atoms with E-state index in [1.807, 2.05) is 30.5 Å². The van der Waals surface area contributed by atoms with Gasteiger partial charge in [0.1, 0.15) is 23.6 Å². The number of hydrogen-bond donors (Lipinski definition) is 2. The number of aromatic nitrogens is 3. The van der Waals surface area contributed by atoms with E-state index in [4.69, 9.17) is 31.8 Å². The summed E-state index contributed by atoms with van der Waals surface area (Å²) in [6, 6.07) is 16.2. The highest BCUT2D eigenvalue weighted by molar-refractivity contribution is 6.32. The molecule has 2 heterocycles. The molecule has 0 radical (unpaired) electrons. The molecule has 254 valence electrons. The molecule has 0 saturated carbocycles. The maximum Gasteiger partial charge on any atom is 0.135 e. The molecule has 0 spiro atoms. The first kappa shape index (κ1) is 35.4. The molecule has 3 N–H and O–H groups in total. The lowest BCUT2D eigenvalue weighted by atomic mass is 9.93. The van der Waals surface area contributed by atoms with Crippen molar-refractivity contribution in [3.63, 3.8) is 0 Å². The van der Waals surface area contributed by atoms with Crippen LogP contribution in [0.1, 0.15) is 23.1 Å². The number of nitrogens with two attached hydrogens (primary N) is 1. The largest absolute Gasteiger partial charge is 0.390 e. The van der Waals surface area contributed by atoms with Crippen LogP contribution in [0.25, 0.3) is 11.3 Å². The lowest BCUT2D eigenvalue weighted by molar-refractivity contribution is -0.108. The van der Waals surface area contributed by atoms with Crippen molar-refractivity contribution in [3.8, 4) is 11.3 Å². The Balaban J connectivity index is 1.29. The van der Waals surface area contributed by atoms with Crippen molar-refractivity contribution in [2.24, 2.45) is 20.7 Å². The number of fused-ring (bicyclic) bond motifs is 1. The fraction of sp³-hybridized carbons (Fsp3) is 0.257. The normalized spacial score (nSPS) is 14.7. The number of halogens is 3. The SMILES string of the molecule is N/C=N/C=C1/CN=C(c2c(F)cccc2F)c2cc(Cl)ccc2/C1=N/c1ccc(-c2cn(CCNCCOCCOCCC=O)nn2)cc1. The maximum atomic E-state index is 15.0. The van der Waals surface area contributed by atoms with Crippen LogP contribution >= 0.6 is 11.6 Å². The smallest absolute Gasteiger partial charge is 0.135 e. The van der Waals surface area contributed by atoms with Gasteiger partial charge in [0.25, 0.3) is 0 Å². The molecule has 0 atom stereocenters. The van der Waals surface area contributed by atoms with Crippen LogP contribution in [0, 0.1) is 11.6 Å². The predicted molar refractivity (Wildman–Crippen MR) is 186 cm³/mol. The van der Waals surface area contributed by atoms with Crippen LogP contribution in [-0.2, 0) is 20.8 Å². The molecule has 0 bridgehead atoms. The second-order valence-corrected chi connectivity index (χ2v) is 11.1. The number of rotatable bonds is 16. The van der Waals surface area contributed by atoms with Gasteiger partial charge in [-0.05, 0) is 36.4 Å². The fourth-order valence-electron chi connectivity index (χ4n) is 5.01. The zero-order chi connectivity index (χ0) is 34.4. The number of carbonyl (C=O) groups is 1. The summed E-state index contributed by atoms with van der Waals surface area (Å²) in [5.74, 6) is -1.48. The summed E-state index contributed by atoms with van der Waals surface area (Å²) in [6.07, 6.45) is 5.77. The minimum atomic E-state index is -0.740. The second kappa shape index (κ2) is 18.0. The Bertz CT molecular complexity index is 1840. The summed E-state index contributed by atoms with van der Waals surface area (Å²) < 4.78 is 42.5. The molecular weight excluding hydrogens is 654 g/mol. The second-order valence-electron chi connectivity index (χ2n) is 10.7. The molecule has 0 saturated heterocycles. The van der Waals surface area contributed by atoms with Gasteiger partial charge in [-0.15, -0.1) is 5.10 Å². The van der Waals surface area contributed by atoms with E-state index in [0.29, 0.717) is 91.3 Å². The van der Waals surface area contributed by atoms with Crippen LogP contribution < -0.4 is 11.1 Å². The van der Waals surface area contributed by atoms with E-state index < -0.39 is 11.6 Å². The van der Waals surface area contributed by atoms with E-state index in [2.05, 4.69) is 25.6 Å². The number of aldehydes is 1. The summed E-state index contributed by atoms with van der Waals surface area (Å²) in [6.45, 7) is 3.93. The lowest BCUT2D eigenvalue weighted by Gasteiger charge is -2.13. The van der Waals surface area contributed by atoms with Crippen LogP contribution in [0.2, 0.25) is 5.02 Å². The zero-order valence-electron chi connectivity index (χ0n) is 26.6. The molecule has 1 aromatic heterocycles. The van der Waals surface area contributed by atoms with Crippen LogP contribution in [0.3, 0.4) is 0 Å². The minimum Gasteiger partial charge on any atom is -0.390 e. The summed E-state index contributed by atoms with van der Waals surface area (Å²) in [7, 11) is 0. The predicted octanol–water partition coefficient (Wildman–Crippen LogP) is 4.93. The lowest BCUT2D eigenvalue weighted by Crippen LogP contribution is -2.24. The van der Waals surface area contributed by atoms with Crippen molar-refractivity contribution in [2.75, 3.05) is 46.1 Å². The van der Waals surface area contributed by atoms with Gasteiger partial charge in [0, 0.05) is 53.0 Å². The average molecular weight is 689 g/mol. The van der Waals surface area contributed by atoms with Crippen molar-refractivity contribution >= 4 is 41.3 Å². The van der Waals surface area contributed by atoms with Crippen molar-refractivity contribution in [2.45, 2.75) is 13.0 Å². The Morgan fingerprint density at radius 1 is 0.980 bits per heavy atom. The molecule has 0 amide bonds. The van der Waals surface area contributed by atoms with Gasteiger partial charge in [-0.1, -0.05) is 41.1 Å². The van der Waals surface area contributed by atoms with Gasteiger partial charge in [0.05, 0.1) is 74.7 Å². The maximum absolute atomic E-state index is 15.0. The number of hydrogen-bond acceptors (Lipinski definition) is 9. The highest BCUT2D eigenvalue weighted by Crippen LogP contribution is 2.30. The molecule has 1 aliphatic heterocycles. The third-order valence-corrected chi connectivity index (χ3v) is 7.59. The van der Waals surface area contributed by atoms with Crippen molar-refractivity contribution in [1.29, 1.82) is 0 Å². The molecule has 11 nitrogen and oxygen atoms in total. The van der Waals surface area contributed by atoms with E-state index in [1.165, 1.54) is 24.4 Å². The zero-order valence-corrected chi connectivity index (χ0v) is 27.3. The number of benzene rings is 3. The van der Waals surface area contributed by atoms with Gasteiger partial charge >= 0.3 is 0 Å². The molecule has 5 rings (SSSR count). The highest BCUT2D eigenvalue weighted by Gasteiger charge is 2.26. The van der Waals surface area contributed by atoms with Crippen LogP contribution in [-0.4, -0.2) is 85.1 Å². The molecule has 0 fully saturated rings. The molecule has 0 aliphatic carbocycles. The third-order valence-electron chi connectivity index (χ3n) is 7.36. The number of nitrogens with zero attached hydrogens (tertiary/aromatic N) is 6. The first-order valence-electron chi connectivity index (χ1n) is 15.6. The van der Waals surface area contributed by atoms with Crippen LogP contribution in [0.5, 0.6) is 0 Å². The van der Waals surface area contributed by atoms with E-state index >= 15 is 0 Å². The minimum absolute atomic E-state index is 0.0348. The Hall–Kier alpha value is -4.95. The molecule has 14 heteroatoms. The van der Waals surface area contributed by atoms with E-state index in [0.717, 1.165) is 18.2 Å². The fourth-order valence-corrected chi connectivity index (χ4v) is 5.19. The summed E-state index contributed by atoms with van der Waals surface area (Å²) in [5, 5.41) is 12.2. The Kier molecular flexibility index (Phi) is 13.0. The van der Waals surface area contributed by atoms with Gasteiger partial charge in [0.15, 0.2) is 0 Å². The van der Waals surface area contributed by atoms with Crippen LogP contribution in [0.4, 0.5) is 14.5 Å². The van der Waals surface area contributed by atoms with Crippen molar-refractivity contribution in [1.82, 2.24) is 20.3 Å². The van der Waals surface area contributed by atoms with Gasteiger partial charge in [-0.25, -0.2) is 18.8 Å². The summed E-state index contributed by atoms with van der Waals surface area (Å²) in [5.41, 5.74) is 9.69. The summed E-state index contributed by atoms with van der Waals surface area (Å²) >= 11 is 6.37. The molecule has 4 aromatic rings. The topological polar surface area (TPSA) is 141 Å². The number of carbonyl (C=O) groups excluding carboxylic acids is 1. The Labute approximate surface area is 287 Å². The highest BCUT2D eigenvalue weighted by atomic mass is 35.5. The number of nitrogens with one attached hydrogen (secondary N) is 1. The third kappa shape index (κ3) is 9.57. The molecule has 3 aromatic carbocycles. The standard InChI is InChI=1S/C35H35ClF2N8O3/c36-26-7-10-28-29(19-26)35(33-30(37)3-1-4-31(33)38)42-21-25(20-41-23-39)34(28)43-27-8-5-24(6-9-27)32-22-46(45-44-32)13-11-40-12-16-49-18-17-48-15-2-14-47/h1,3-10,14,19-20,22-23,40H,2,11-13,15-18,21H2,(H2,39,41)/b25-20-,43-34+. The van der Waals surface area contributed by atoms with Gasteiger partial charge in [-0.2, -0.15) is 0 Å². The first-order chi connectivity index (χ1) is 24.0. The van der Waals surface area contributed by atoms with Gasteiger partial charge < -0.3 is 25.3 Å². The van der Waals surface area contributed by atoms with Crippen molar-refractivity contribution in [3.05, 3.63) is 112 Å². The molecule has 49 heavy (non-hydrogen) atoms. The number of aliphatic imine (C=N–C) groups is 3. The van der Waals surface area contributed by atoms with E-state index in [-0.39, 0.29) is 17.8 Å². The molecule has 0 unspecified atom stereocenters. The molecule has 1 aliphatic rings.